The molecule has 9 heteroatoms. The molecule has 1 atom stereocenters. The zero-order valence-electron chi connectivity index (χ0n) is 16.6. The molecule has 2 aromatic heterocycles. The first-order valence-corrected chi connectivity index (χ1v) is 10.7. The molecule has 0 radical (unpaired) electrons. The quantitative estimate of drug-likeness (QED) is 0.550. The highest BCUT2D eigenvalue weighted by molar-refractivity contribution is 9.10. The monoisotopic (exact) mass is 498 g/mol. The maximum Gasteiger partial charge on any atom is 0.387 e. The van der Waals surface area contributed by atoms with Gasteiger partial charge >= 0.3 is 6.61 Å². The van der Waals surface area contributed by atoms with Crippen LogP contribution in [0.15, 0.2) is 71.0 Å². The number of benzene rings is 1. The third-order valence-corrected chi connectivity index (χ3v) is 5.92. The molecule has 1 aliphatic heterocycles. The first kappa shape index (κ1) is 20.6. The average molecular weight is 499 g/mol. The van der Waals surface area contributed by atoms with Crippen LogP contribution in [0.4, 0.5) is 8.78 Å². The van der Waals surface area contributed by atoms with Crippen LogP contribution in [0.2, 0.25) is 0 Å². The number of halogens is 3. The predicted molar refractivity (Wildman–Crippen MR) is 118 cm³/mol. The van der Waals surface area contributed by atoms with Crippen LogP contribution in [-0.2, 0) is 4.79 Å². The minimum Gasteiger partial charge on any atom is -0.435 e. The molecule has 1 unspecified atom stereocenters. The van der Waals surface area contributed by atoms with Crippen molar-refractivity contribution < 1.29 is 18.3 Å². The molecule has 0 spiro atoms. The molecule has 1 aliphatic carbocycles. The normalized spacial score (nSPS) is 17.6. The minimum absolute atomic E-state index is 0.0227. The summed E-state index contributed by atoms with van der Waals surface area (Å²) in [4.78, 5) is 16.4. The largest absolute Gasteiger partial charge is 0.435 e. The number of amides is 1. The lowest BCUT2D eigenvalue weighted by molar-refractivity contribution is -0.121. The summed E-state index contributed by atoms with van der Waals surface area (Å²) in [5.74, 6) is -0.122. The number of ether oxygens (including phenoxy) is 1. The third kappa shape index (κ3) is 3.84. The Bertz CT molecular complexity index is 1250. The van der Waals surface area contributed by atoms with E-state index >= 15 is 0 Å². The minimum atomic E-state index is -2.93. The Balaban J connectivity index is 1.68. The number of nitrogens with one attached hydrogen (secondary N) is 1. The van der Waals surface area contributed by atoms with Gasteiger partial charge in [0.25, 0.3) is 0 Å². The number of carbonyl (C=O) groups is 1. The zero-order valence-corrected chi connectivity index (χ0v) is 18.2. The number of alkyl halides is 2. The fourth-order valence-corrected chi connectivity index (χ4v) is 4.55. The number of allylic oxidation sites excluding steroid dienone is 3. The number of fused-ring (bicyclic) bond motifs is 1. The molecule has 1 saturated heterocycles. The van der Waals surface area contributed by atoms with Gasteiger partial charge < -0.3 is 10.1 Å². The smallest absolute Gasteiger partial charge is 0.387 e. The second kappa shape index (κ2) is 8.31. The van der Waals surface area contributed by atoms with Crippen molar-refractivity contribution >= 4 is 27.4 Å². The van der Waals surface area contributed by atoms with E-state index < -0.39 is 6.61 Å². The molecule has 3 heterocycles. The summed E-state index contributed by atoms with van der Waals surface area (Å²) >= 11 is 3.37. The lowest BCUT2D eigenvalue weighted by Gasteiger charge is -2.14. The van der Waals surface area contributed by atoms with Crippen LogP contribution < -0.4 is 10.1 Å². The van der Waals surface area contributed by atoms with Crippen molar-refractivity contribution in [2.45, 2.75) is 13.0 Å². The molecule has 32 heavy (non-hydrogen) atoms. The van der Waals surface area contributed by atoms with Gasteiger partial charge in [0, 0.05) is 28.4 Å². The van der Waals surface area contributed by atoms with Crippen LogP contribution >= 0.6 is 15.9 Å². The van der Waals surface area contributed by atoms with E-state index in [0.717, 1.165) is 11.1 Å². The SMILES string of the molecule is O=C1NCC2=C(c3cc(-c4cc(Br)cc(OC(F)F)c4)n(-c4cccnc4)n3)C=CCC12. The van der Waals surface area contributed by atoms with E-state index in [1.165, 1.54) is 6.07 Å². The second-order valence-electron chi connectivity index (χ2n) is 7.44. The molecule has 3 aromatic rings. The number of nitrogens with zero attached hydrogens (tertiary/aromatic N) is 3. The van der Waals surface area contributed by atoms with E-state index in [4.69, 9.17) is 5.10 Å². The summed E-state index contributed by atoms with van der Waals surface area (Å²) < 4.78 is 32.6. The molecule has 0 bridgehead atoms. The van der Waals surface area contributed by atoms with E-state index in [9.17, 15) is 13.6 Å². The summed E-state index contributed by atoms with van der Waals surface area (Å²) in [5, 5.41) is 7.71. The Hall–Kier alpha value is -3.33. The molecule has 1 amide bonds. The van der Waals surface area contributed by atoms with Crippen molar-refractivity contribution in [2.75, 3.05) is 6.54 Å². The topological polar surface area (TPSA) is 69.0 Å². The lowest BCUT2D eigenvalue weighted by atomic mass is 9.88. The van der Waals surface area contributed by atoms with Crippen molar-refractivity contribution in [3.05, 3.63) is 76.7 Å². The van der Waals surface area contributed by atoms with Gasteiger partial charge in [0.05, 0.1) is 29.2 Å². The van der Waals surface area contributed by atoms with Gasteiger partial charge in [-0.15, -0.1) is 0 Å². The Morgan fingerprint density at radius 3 is 2.91 bits per heavy atom. The molecule has 1 N–H and O–H groups in total. The molecule has 1 fully saturated rings. The summed E-state index contributed by atoms with van der Waals surface area (Å²) in [6, 6.07) is 10.4. The van der Waals surface area contributed by atoms with Crippen LogP contribution in [0.3, 0.4) is 0 Å². The van der Waals surface area contributed by atoms with Crippen molar-refractivity contribution in [2.24, 2.45) is 5.92 Å². The van der Waals surface area contributed by atoms with Gasteiger partial charge in [-0.2, -0.15) is 13.9 Å². The molecule has 2 aliphatic rings. The highest BCUT2D eigenvalue weighted by atomic mass is 79.9. The van der Waals surface area contributed by atoms with Gasteiger partial charge in [-0.05, 0) is 48.4 Å². The Morgan fingerprint density at radius 1 is 1.25 bits per heavy atom. The van der Waals surface area contributed by atoms with E-state index in [0.29, 0.717) is 40.1 Å². The van der Waals surface area contributed by atoms with Crippen molar-refractivity contribution in [3.8, 4) is 22.7 Å². The predicted octanol–water partition coefficient (Wildman–Crippen LogP) is 4.76. The first-order chi connectivity index (χ1) is 15.5. The van der Waals surface area contributed by atoms with Crippen molar-refractivity contribution in [3.63, 3.8) is 0 Å². The van der Waals surface area contributed by atoms with Gasteiger partial charge in [0.2, 0.25) is 5.91 Å². The van der Waals surface area contributed by atoms with Crippen LogP contribution in [0.5, 0.6) is 5.75 Å². The van der Waals surface area contributed by atoms with Crippen LogP contribution in [-0.4, -0.2) is 33.8 Å². The van der Waals surface area contributed by atoms with E-state index in [1.54, 1.807) is 29.2 Å². The van der Waals surface area contributed by atoms with E-state index in [-0.39, 0.29) is 17.6 Å². The number of carbonyl (C=O) groups excluding carboxylic acids is 1. The van der Waals surface area contributed by atoms with Gasteiger partial charge in [-0.1, -0.05) is 28.1 Å². The van der Waals surface area contributed by atoms with E-state index in [2.05, 4.69) is 31.0 Å². The van der Waals surface area contributed by atoms with Gasteiger partial charge in [-0.25, -0.2) is 4.68 Å². The fraction of sp³-hybridized carbons (Fsp3) is 0.174. The Morgan fingerprint density at radius 2 is 2.12 bits per heavy atom. The maximum atomic E-state index is 12.8. The maximum absolute atomic E-state index is 12.8. The number of pyridine rings is 1. The Kier molecular flexibility index (Phi) is 5.34. The van der Waals surface area contributed by atoms with Crippen LogP contribution in [0, 0.1) is 5.92 Å². The van der Waals surface area contributed by atoms with Gasteiger partial charge in [0.15, 0.2) is 0 Å². The number of aromatic nitrogens is 3. The molecular weight excluding hydrogens is 482 g/mol. The van der Waals surface area contributed by atoms with Crippen LogP contribution in [0.1, 0.15) is 12.1 Å². The molecule has 0 saturated carbocycles. The third-order valence-electron chi connectivity index (χ3n) is 5.46. The fourth-order valence-electron chi connectivity index (χ4n) is 4.07. The van der Waals surface area contributed by atoms with Crippen LogP contribution in [0.25, 0.3) is 22.5 Å². The molecular formula is C23H17BrF2N4O2. The van der Waals surface area contributed by atoms with Crippen molar-refractivity contribution in [1.29, 1.82) is 0 Å². The number of hydrogen-bond donors (Lipinski definition) is 1. The van der Waals surface area contributed by atoms with E-state index in [1.807, 2.05) is 30.4 Å². The molecule has 5 rings (SSSR count). The average Bonchev–Trinajstić information content (AvgIpc) is 3.38. The summed E-state index contributed by atoms with van der Waals surface area (Å²) in [6.45, 7) is -2.44. The Labute approximate surface area is 190 Å². The van der Waals surface area contributed by atoms with Gasteiger partial charge in [-0.3, -0.25) is 9.78 Å². The molecule has 6 nitrogen and oxygen atoms in total. The first-order valence-electron chi connectivity index (χ1n) is 9.93. The summed E-state index contributed by atoms with van der Waals surface area (Å²) in [6.07, 6.45) is 7.96. The number of rotatable bonds is 5. The highest BCUT2D eigenvalue weighted by Gasteiger charge is 2.33. The standard InChI is InChI=1S/C23H17BrF2N4O2/c24-14-7-13(8-16(9-14)32-23(25)26)21-10-20(29-30(21)15-3-2-6-27-11-15)17-4-1-5-18-19(17)12-28-22(18)31/h1-4,6-11,18,23H,5,12H2,(H,28,31). The van der Waals surface area contributed by atoms with Gasteiger partial charge in [0.1, 0.15) is 5.75 Å². The molecule has 162 valence electrons. The van der Waals surface area contributed by atoms with Crippen molar-refractivity contribution in [1.82, 2.24) is 20.1 Å². The summed E-state index contributed by atoms with van der Waals surface area (Å²) in [7, 11) is 0. The summed E-state index contributed by atoms with van der Waals surface area (Å²) in [5.41, 5.74) is 4.62. The number of hydrogen-bond acceptors (Lipinski definition) is 4. The zero-order chi connectivity index (χ0) is 22.2. The molecule has 1 aromatic carbocycles. The lowest BCUT2D eigenvalue weighted by Crippen LogP contribution is -2.18. The highest BCUT2D eigenvalue weighted by Crippen LogP contribution is 2.37. The second-order valence-corrected chi connectivity index (χ2v) is 8.36.